The third-order valence-corrected chi connectivity index (χ3v) is 3.10. The van der Waals surface area contributed by atoms with Crippen LogP contribution in [-0.4, -0.2) is 23.0 Å². The molecule has 1 aromatic heterocycles. The number of nitrogens with one attached hydrogen (secondary N) is 1. The van der Waals surface area contributed by atoms with Crippen LogP contribution in [0.4, 0.5) is 0 Å². The van der Waals surface area contributed by atoms with Gasteiger partial charge in [-0.1, -0.05) is 6.92 Å². The van der Waals surface area contributed by atoms with E-state index in [-0.39, 0.29) is 5.91 Å². The van der Waals surface area contributed by atoms with Crippen molar-refractivity contribution in [2.75, 3.05) is 0 Å². The highest BCUT2D eigenvalue weighted by Gasteiger charge is 2.19. The minimum atomic E-state index is -1.000. The molecule has 0 saturated heterocycles. The van der Waals surface area contributed by atoms with Gasteiger partial charge in [0.05, 0.1) is 4.88 Å². The number of rotatable bonds is 4. The lowest BCUT2D eigenvalue weighted by molar-refractivity contribution is -0.139. The van der Waals surface area contributed by atoms with E-state index in [4.69, 9.17) is 5.11 Å². The summed E-state index contributed by atoms with van der Waals surface area (Å²) in [5, 5.41) is 13.1. The van der Waals surface area contributed by atoms with E-state index >= 15 is 0 Å². The number of aryl methyl sites for hydroxylation is 1. The molecule has 0 aromatic carbocycles. The van der Waals surface area contributed by atoms with E-state index in [1.807, 2.05) is 18.4 Å². The molecule has 0 spiro atoms. The number of hydrogen-bond acceptors (Lipinski definition) is 3. The Labute approximate surface area is 91.9 Å². The average Bonchev–Trinajstić information content (AvgIpc) is 2.60. The Morgan fingerprint density at radius 2 is 2.27 bits per heavy atom. The third kappa shape index (κ3) is 2.79. The standard InChI is InChI=1S/C10H13NO3S/c1-3-7(10(13)14)11-9(12)8-6(2)4-5-15-8/h4-5,7H,3H2,1-2H3,(H,11,12)(H,13,14)/t7-/m0/s1. The molecule has 0 aliphatic heterocycles. The third-order valence-electron chi connectivity index (χ3n) is 2.08. The van der Waals surface area contributed by atoms with Crippen LogP contribution in [0.3, 0.4) is 0 Å². The lowest BCUT2D eigenvalue weighted by Crippen LogP contribution is -2.40. The second-order valence-electron chi connectivity index (χ2n) is 3.21. The highest BCUT2D eigenvalue weighted by Crippen LogP contribution is 2.15. The van der Waals surface area contributed by atoms with Crippen LogP contribution in [-0.2, 0) is 4.79 Å². The van der Waals surface area contributed by atoms with Crippen molar-refractivity contribution < 1.29 is 14.7 Å². The van der Waals surface area contributed by atoms with Crippen LogP contribution in [0.2, 0.25) is 0 Å². The first-order chi connectivity index (χ1) is 7.06. The van der Waals surface area contributed by atoms with Crippen LogP contribution in [0.15, 0.2) is 11.4 Å². The van der Waals surface area contributed by atoms with E-state index in [1.54, 1.807) is 6.92 Å². The molecule has 0 saturated carbocycles. The van der Waals surface area contributed by atoms with Crippen molar-refractivity contribution in [3.8, 4) is 0 Å². The monoisotopic (exact) mass is 227 g/mol. The van der Waals surface area contributed by atoms with Crippen molar-refractivity contribution in [3.05, 3.63) is 21.9 Å². The van der Waals surface area contributed by atoms with E-state index in [9.17, 15) is 9.59 Å². The maximum atomic E-state index is 11.6. The Hall–Kier alpha value is -1.36. The Balaban J connectivity index is 2.71. The molecular weight excluding hydrogens is 214 g/mol. The normalized spacial score (nSPS) is 12.1. The molecule has 1 atom stereocenters. The second kappa shape index (κ2) is 4.93. The van der Waals surface area contributed by atoms with Gasteiger partial charge in [0.1, 0.15) is 6.04 Å². The largest absolute Gasteiger partial charge is 0.480 e. The predicted octanol–water partition coefficient (Wildman–Crippen LogP) is 1.65. The Kier molecular flexibility index (Phi) is 3.85. The molecule has 0 aliphatic rings. The molecule has 1 rings (SSSR count). The molecule has 5 heteroatoms. The topological polar surface area (TPSA) is 66.4 Å². The highest BCUT2D eigenvalue weighted by molar-refractivity contribution is 7.12. The Morgan fingerprint density at radius 1 is 1.60 bits per heavy atom. The average molecular weight is 227 g/mol. The fourth-order valence-electron chi connectivity index (χ4n) is 1.17. The van der Waals surface area contributed by atoms with Crippen molar-refractivity contribution in [1.29, 1.82) is 0 Å². The molecule has 1 aromatic rings. The van der Waals surface area contributed by atoms with Gasteiger partial charge in [-0.05, 0) is 30.4 Å². The van der Waals surface area contributed by atoms with E-state index in [0.29, 0.717) is 11.3 Å². The van der Waals surface area contributed by atoms with Crippen molar-refractivity contribution in [2.45, 2.75) is 26.3 Å². The minimum Gasteiger partial charge on any atom is -0.480 e. The number of carboxylic acids is 1. The number of carboxylic acid groups (broad SMARTS) is 1. The smallest absolute Gasteiger partial charge is 0.326 e. The van der Waals surface area contributed by atoms with Gasteiger partial charge >= 0.3 is 5.97 Å². The van der Waals surface area contributed by atoms with Gasteiger partial charge < -0.3 is 10.4 Å². The summed E-state index contributed by atoms with van der Waals surface area (Å²) in [6.07, 6.45) is 0.380. The molecule has 15 heavy (non-hydrogen) atoms. The SMILES string of the molecule is CC[C@H](NC(=O)c1sccc1C)C(=O)O. The van der Waals surface area contributed by atoms with Gasteiger partial charge in [-0.2, -0.15) is 0 Å². The number of amides is 1. The molecular formula is C10H13NO3S. The predicted molar refractivity (Wildman–Crippen MR) is 58.2 cm³/mol. The van der Waals surface area contributed by atoms with E-state index < -0.39 is 12.0 Å². The van der Waals surface area contributed by atoms with Crippen molar-refractivity contribution in [3.63, 3.8) is 0 Å². The molecule has 82 valence electrons. The number of carbonyl (C=O) groups excluding carboxylic acids is 1. The van der Waals surface area contributed by atoms with Crippen molar-refractivity contribution >= 4 is 23.2 Å². The van der Waals surface area contributed by atoms with Gasteiger partial charge in [-0.25, -0.2) is 4.79 Å². The molecule has 4 nitrogen and oxygen atoms in total. The van der Waals surface area contributed by atoms with Crippen LogP contribution in [0, 0.1) is 6.92 Å². The number of aliphatic carboxylic acids is 1. The molecule has 0 unspecified atom stereocenters. The molecule has 0 bridgehead atoms. The molecule has 1 amide bonds. The number of carbonyl (C=O) groups is 2. The molecule has 0 radical (unpaired) electrons. The molecule has 1 heterocycles. The van der Waals surface area contributed by atoms with Crippen LogP contribution in [0.5, 0.6) is 0 Å². The zero-order valence-corrected chi connectivity index (χ0v) is 9.43. The summed E-state index contributed by atoms with van der Waals surface area (Å²) in [6, 6.07) is 1.03. The summed E-state index contributed by atoms with van der Waals surface area (Å²) < 4.78 is 0. The van der Waals surface area contributed by atoms with Gasteiger partial charge in [-0.15, -0.1) is 11.3 Å². The first kappa shape index (κ1) is 11.7. The molecule has 2 N–H and O–H groups in total. The first-order valence-corrected chi connectivity index (χ1v) is 5.52. The zero-order chi connectivity index (χ0) is 11.4. The van der Waals surface area contributed by atoms with Gasteiger partial charge in [-0.3, -0.25) is 4.79 Å². The van der Waals surface area contributed by atoms with Gasteiger partial charge in [0.2, 0.25) is 0 Å². The van der Waals surface area contributed by atoms with Gasteiger partial charge in [0, 0.05) is 0 Å². The first-order valence-electron chi connectivity index (χ1n) is 4.64. The summed E-state index contributed by atoms with van der Waals surface area (Å²) >= 11 is 1.32. The van der Waals surface area contributed by atoms with Crippen molar-refractivity contribution in [1.82, 2.24) is 5.32 Å². The summed E-state index contributed by atoms with van der Waals surface area (Å²) in [5.41, 5.74) is 0.873. The Bertz CT molecular complexity index is 372. The number of hydrogen-bond donors (Lipinski definition) is 2. The maximum Gasteiger partial charge on any atom is 0.326 e. The Morgan fingerprint density at radius 3 is 2.67 bits per heavy atom. The summed E-state index contributed by atoms with van der Waals surface area (Å²) in [5.74, 6) is -1.31. The highest BCUT2D eigenvalue weighted by atomic mass is 32.1. The quantitative estimate of drug-likeness (QED) is 0.822. The molecule has 0 aliphatic carbocycles. The summed E-state index contributed by atoms with van der Waals surface area (Å²) in [7, 11) is 0. The fraction of sp³-hybridized carbons (Fsp3) is 0.400. The summed E-state index contributed by atoms with van der Waals surface area (Å²) in [6.45, 7) is 3.55. The van der Waals surface area contributed by atoms with E-state index in [2.05, 4.69) is 5.32 Å². The van der Waals surface area contributed by atoms with Gasteiger partial charge in [0.15, 0.2) is 0 Å². The maximum absolute atomic E-state index is 11.6. The lowest BCUT2D eigenvalue weighted by atomic mass is 10.2. The van der Waals surface area contributed by atoms with Crippen LogP contribution >= 0.6 is 11.3 Å². The van der Waals surface area contributed by atoms with Crippen molar-refractivity contribution in [2.24, 2.45) is 0 Å². The minimum absolute atomic E-state index is 0.309. The zero-order valence-electron chi connectivity index (χ0n) is 8.61. The fourth-order valence-corrected chi connectivity index (χ4v) is 2.00. The van der Waals surface area contributed by atoms with Crippen LogP contribution < -0.4 is 5.32 Å². The number of thiophene rings is 1. The molecule has 0 fully saturated rings. The second-order valence-corrected chi connectivity index (χ2v) is 4.12. The van der Waals surface area contributed by atoms with Crippen LogP contribution in [0.1, 0.15) is 28.6 Å². The van der Waals surface area contributed by atoms with E-state index in [0.717, 1.165) is 5.56 Å². The summed E-state index contributed by atoms with van der Waals surface area (Å²) in [4.78, 5) is 22.9. The van der Waals surface area contributed by atoms with Gasteiger partial charge in [0.25, 0.3) is 5.91 Å². The van der Waals surface area contributed by atoms with E-state index in [1.165, 1.54) is 11.3 Å². The lowest BCUT2D eigenvalue weighted by Gasteiger charge is -2.11. The van der Waals surface area contributed by atoms with Crippen LogP contribution in [0.25, 0.3) is 0 Å².